The van der Waals surface area contributed by atoms with E-state index in [1.807, 2.05) is 0 Å². The third kappa shape index (κ3) is 9.83. The number of rotatable bonds is 9. The minimum atomic E-state index is -1.99. The van der Waals surface area contributed by atoms with Crippen LogP contribution in [0.2, 0.25) is 0 Å². The van der Waals surface area contributed by atoms with Gasteiger partial charge in [-0.15, -0.1) is 0 Å². The van der Waals surface area contributed by atoms with Crippen LogP contribution in [-0.2, 0) is 18.8 Å². The summed E-state index contributed by atoms with van der Waals surface area (Å²) in [7, 11) is 0. The molecule has 0 saturated carbocycles. The van der Waals surface area contributed by atoms with Crippen LogP contribution in [0.25, 0.3) is 0 Å². The quantitative estimate of drug-likeness (QED) is 0.370. The van der Waals surface area contributed by atoms with Gasteiger partial charge in [0.25, 0.3) is 0 Å². The molecule has 0 aromatic carbocycles. The van der Waals surface area contributed by atoms with Crippen molar-refractivity contribution in [3.05, 3.63) is 0 Å². The van der Waals surface area contributed by atoms with Crippen LogP contribution in [-0.4, -0.2) is 38.6 Å². The molecule has 0 aliphatic heterocycles. The predicted molar refractivity (Wildman–Crippen MR) is 78.4 cm³/mol. The van der Waals surface area contributed by atoms with Gasteiger partial charge < -0.3 is 0 Å². The van der Waals surface area contributed by atoms with E-state index in [9.17, 15) is 0 Å². The molecule has 94 valence electrons. The van der Waals surface area contributed by atoms with Gasteiger partial charge in [0.2, 0.25) is 0 Å². The first-order chi connectivity index (χ1) is 7.39. The van der Waals surface area contributed by atoms with Crippen molar-refractivity contribution in [3.8, 4) is 0 Å². The molecule has 0 amide bonds. The van der Waals surface area contributed by atoms with Gasteiger partial charge in [0, 0.05) is 0 Å². The fourth-order valence-electron chi connectivity index (χ4n) is 0.899. The van der Waals surface area contributed by atoms with Crippen molar-refractivity contribution < 1.29 is 7.00 Å². The average molecular weight is 474 g/mol. The van der Waals surface area contributed by atoms with E-state index in [2.05, 4.69) is 27.7 Å². The Kier molecular flexibility index (Phi) is 10.9. The summed E-state index contributed by atoms with van der Waals surface area (Å²) in [5.74, 6) is 2.45. The van der Waals surface area contributed by atoms with Gasteiger partial charge in [-0.2, -0.15) is 0 Å². The molecule has 1 unspecified atom stereocenters. The molecule has 0 fully saturated rings. The maximum atomic E-state index is 5.78. The zero-order chi connectivity index (χ0) is 12.6. The van der Waals surface area contributed by atoms with E-state index >= 15 is 0 Å². The van der Waals surface area contributed by atoms with Crippen molar-refractivity contribution >= 4 is 55.1 Å². The van der Waals surface area contributed by atoms with Gasteiger partial charge in [-0.3, -0.25) is 0 Å². The number of hydrogen-bond donors (Lipinski definition) is 0. The molecule has 0 aliphatic rings. The minimum absolute atomic E-state index is 0.474. The fourth-order valence-corrected chi connectivity index (χ4v) is 7.57. The standard InChI is InChI=1S/C10H23O2PS2.Tl/c1-9(2)5-7-12-13(11,14)15-8-6-10(3)4;/h9-10H,5-8H2,1-4H3,(H,11,14);/q;+1/p-1. The molecule has 6 heteroatoms. The Labute approximate surface area is 126 Å². The van der Waals surface area contributed by atoms with E-state index in [0.29, 0.717) is 32.1 Å². The monoisotopic (exact) mass is 474 g/mol. The van der Waals surface area contributed by atoms with Crippen LogP contribution in [0.1, 0.15) is 40.5 Å². The van der Waals surface area contributed by atoms with Gasteiger partial charge in [0.15, 0.2) is 0 Å². The second kappa shape index (κ2) is 9.73. The van der Waals surface area contributed by atoms with Crippen LogP contribution >= 0.6 is 17.1 Å². The molecular weight excluding hydrogens is 452 g/mol. The third-order valence-corrected chi connectivity index (χ3v) is 14.1. The van der Waals surface area contributed by atoms with Crippen LogP contribution in [0, 0.1) is 11.8 Å². The molecule has 0 aromatic heterocycles. The zero-order valence-electron chi connectivity index (χ0n) is 10.6. The van der Waals surface area contributed by atoms with Crippen LogP contribution in [0.15, 0.2) is 0 Å². The maximum absolute atomic E-state index is 5.78. The average Bonchev–Trinajstić information content (AvgIpc) is 2.16. The third-order valence-electron chi connectivity index (χ3n) is 2.02. The summed E-state index contributed by atoms with van der Waals surface area (Å²) in [6, 6.07) is 0. The molecule has 2 nitrogen and oxygen atoms in total. The van der Waals surface area contributed by atoms with E-state index in [1.54, 1.807) is 11.4 Å². The fraction of sp³-hybridized carbons (Fsp3) is 1.00. The Morgan fingerprint density at radius 2 is 1.75 bits per heavy atom. The topological polar surface area (TPSA) is 18.5 Å². The first-order valence-corrected chi connectivity index (χ1v) is 11.7. The summed E-state index contributed by atoms with van der Waals surface area (Å²) in [6.07, 6.45) is 2.25. The van der Waals surface area contributed by atoms with E-state index in [1.165, 1.54) is 6.42 Å². The molecule has 0 bridgehead atoms. The van der Waals surface area contributed by atoms with E-state index < -0.39 is 5.69 Å². The number of hydrogen-bond acceptors (Lipinski definition) is 4. The molecule has 0 N–H and O–H groups in total. The van der Waals surface area contributed by atoms with Crippen molar-refractivity contribution in [2.75, 3.05) is 12.4 Å². The Morgan fingerprint density at radius 1 is 1.19 bits per heavy atom. The van der Waals surface area contributed by atoms with Crippen LogP contribution < -0.4 is 0 Å². The van der Waals surface area contributed by atoms with Gasteiger partial charge in [-0.25, -0.2) is 0 Å². The van der Waals surface area contributed by atoms with Crippen molar-refractivity contribution in [2.45, 2.75) is 40.5 Å². The van der Waals surface area contributed by atoms with Gasteiger partial charge in [0.1, 0.15) is 0 Å². The van der Waals surface area contributed by atoms with Gasteiger partial charge >= 0.3 is 127 Å². The molecule has 0 spiro atoms. The van der Waals surface area contributed by atoms with Crippen molar-refractivity contribution in [2.24, 2.45) is 11.8 Å². The Bertz CT molecular complexity index is 207. The van der Waals surface area contributed by atoms with E-state index in [-0.39, 0.29) is 0 Å². The molecule has 0 saturated heterocycles. The molecule has 16 heavy (non-hydrogen) atoms. The summed E-state index contributed by atoms with van der Waals surface area (Å²) < 4.78 is 11.3. The second-order valence-electron chi connectivity index (χ2n) is 4.58. The van der Waals surface area contributed by atoms with Crippen LogP contribution in [0.5, 0.6) is 0 Å². The molecule has 1 atom stereocenters. The Morgan fingerprint density at radius 3 is 2.19 bits per heavy atom. The van der Waals surface area contributed by atoms with Crippen molar-refractivity contribution in [3.63, 3.8) is 0 Å². The molecule has 0 heterocycles. The summed E-state index contributed by atoms with van der Waals surface area (Å²) in [5, 5.41) is 0. The van der Waals surface area contributed by atoms with Crippen molar-refractivity contribution in [1.29, 1.82) is 0 Å². The predicted octanol–water partition coefficient (Wildman–Crippen LogP) is 4.15. The summed E-state index contributed by atoms with van der Waals surface area (Å²) in [6.45, 7) is 9.60. The normalized spacial score (nSPS) is 15.6. The molecular formula is C10H22O2PS2Tl. The van der Waals surface area contributed by atoms with E-state index in [0.717, 1.165) is 24.7 Å². The molecule has 0 aliphatic carbocycles. The first kappa shape index (κ1) is 17.8. The summed E-state index contributed by atoms with van der Waals surface area (Å²) in [4.78, 5) is 0. The molecule has 0 aromatic rings. The van der Waals surface area contributed by atoms with Crippen LogP contribution in [0.4, 0.5) is 0 Å². The SMILES string of the molecule is CC(C)CCOP(=S)([O][Tl])SCCC(C)C. The van der Waals surface area contributed by atoms with E-state index in [4.69, 9.17) is 18.8 Å². The second-order valence-corrected chi connectivity index (χ2v) is 13.4. The Balaban J connectivity index is 3.86. The first-order valence-electron chi connectivity index (χ1n) is 5.67. The summed E-state index contributed by atoms with van der Waals surface area (Å²) in [5.41, 5.74) is -1.99. The summed E-state index contributed by atoms with van der Waals surface area (Å²) >= 11 is 7.68. The Hall–Kier alpha value is 1.84. The van der Waals surface area contributed by atoms with Crippen LogP contribution in [0.3, 0.4) is 0 Å². The molecule has 0 radical (unpaired) electrons. The van der Waals surface area contributed by atoms with Crippen molar-refractivity contribution in [1.82, 2.24) is 0 Å². The molecule has 0 rings (SSSR count). The van der Waals surface area contributed by atoms with Gasteiger partial charge in [-0.05, 0) is 0 Å². The zero-order valence-corrected chi connectivity index (χ0v) is 17.7. The van der Waals surface area contributed by atoms with Gasteiger partial charge in [-0.1, -0.05) is 0 Å². The van der Waals surface area contributed by atoms with Gasteiger partial charge in [0.05, 0.1) is 0 Å².